The quantitative estimate of drug-likeness (QED) is 0.605. The van der Waals surface area contributed by atoms with Crippen molar-refractivity contribution in [3.63, 3.8) is 0 Å². The summed E-state index contributed by atoms with van der Waals surface area (Å²) in [7, 11) is 0. The molecule has 0 spiro atoms. The molecule has 1 amide bonds. The number of benzene rings is 1. The van der Waals surface area contributed by atoms with Gasteiger partial charge in [0.25, 0.3) is 5.91 Å². The van der Waals surface area contributed by atoms with Gasteiger partial charge in [-0.15, -0.1) is 0 Å². The monoisotopic (exact) mass is 503 g/mol. The molecule has 0 aliphatic carbocycles. The van der Waals surface area contributed by atoms with Gasteiger partial charge in [0.15, 0.2) is 0 Å². The number of aliphatic hydroxyl groups excluding tert-OH is 1. The molecule has 2 unspecified atom stereocenters. The zero-order valence-electron chi connectivity index (χ0n) is 10.8. The number of halogens is 2. The molecule has 1 fully saturated rings. The molecule has 5 nitrogen and oxygen atoms in total. The fraction of sp³-hybridized carbons (Fsp3) is 0.462. The minimum absolute atomic E-state index is 0.00992. The predicted octanol–water partition coefficient (Wildman–Crippen LogP) is 1.82. The number of hydrogen-bond donors (Lipinski definition) is 2. The standard InChI is InChI=1S/C13H15I2NO4/c1-7-4-16(5-9(6-17)20-7)13(19)10-2-8(14)3-11(15)12(10)18/h2-3,7,9,17-18H,4-6H2,1H3. The number of carbonyl (C=O) groups excluding carboxylic acids is 1. The van der Waals surface area contributed by atoms with Crippen LogP contribution < -0.4 is 0 Å². The van der Waals surface area contributed by atoms with E-state index < -0.39 is 0 Å². The Hall–Kier alpha value is -0.130. The second kappa shape index (κ2) is 6.75. The van der Waals surface area contributed by atoms with Gasteiger partial charge < -0.3 is 19.8 Å². The first-order valence-corrected chi connectivity index (χ1v) is 8.31. The van der Waals surface area contributed by atoms with Gasteiger partial charge in [-0.25, -0.2) is 0 Å². The molecule has 0 radical (unpaired) electrons. The Labute approximate surface area is 144 Å². The van der Waals surface area contributed by atoms with Crippen LogP contribution in [0.25, 0.3) is 0 Å². The molecule has 110 valence electrons. The van der Waals surface area contributed by atoms with Gasteiger partial charge in [-0.05, 0) is 64.2 Å². The zero-order chi connectivity index (χ0) is 14.9. The zero-order valence-corrected chi connectivity index (χ0v) is 15.2. The van der Waals surface area contributed by atoms with Gasteiger partial charge in [0.2, 0.25) is 0 Å². The molecule has 7 heteroatoms. The van der Waals surface area contributed by atoms with E-state index in [9.17, 15) is 15.0 Å². The van der Waals surface area contributed by atoms with E-state index in [0.29, 0.717) is 22.2 Å². The summed E-state index contributed by atoms with van der Waals surface area (Å²) in [6.07, 6.45) is -0.499. The highest BCUT2D eigenvalue weighted by molar-refractivity contribution is 14.1. The highest BCUT2D eigenvalue weighted by Crippen LogP contribution is 2.28. The number of phenolic OH excluding ortho intramolecular Hbond substituents is 1. The lowest BCUT2D eigenvalue weighted by Crippen LogP contribution is -2.50. The van der Waals surface area contributed by atoms with Crippen LogP contribution in [0.1, 0.15) is 17.3 Å². The third-order valence-corrected chi connectivity index (χ3v) is 4.52. The summed E-state index contributed by atoms with van der Waals surface area (Å²) in [6, 6.07) is 3.49. The number of rotatable bonds is 2. The number of aromatic hydroxyl groups is 1. The number of phenols is 1. The van der Waals surface area contributed by atoms with Gasteiger partial charge in [-0.3, -0.25) is 4.79 Å². The summed E-state index contributed by atoms with van der Waals surface area (Å²) in [4.78, 5) is 14.2. The molecule has 2 atom stereocenters. The Morgan fingerprint density at radius 1 is 1.45 bits per heavy atom. The van der Waals surface area contributed by atoms with Crippen LogP contribution >= 0.6 is 45.2 Å². The van der Waals surface area contributed by atoms with E-state index >= 15 is 0 Å². The van der Waals surface area contributed by atoms with Crippen molar-refractivity contribution in [2.45, 2.75) is 19.1 Å². The molecular weight excluding hydrogens is 488 g/mol. The summed E-state index contributed by atoms with van der Waals surface area (Å²) in [6.45, 7) is 2.53. The Morgan fingerprint density at radius 2 is 2.15 bits per heavy atom. The fourth-order valence-electron chi connectivity index (χ4n) is 2.21. The molecule has 0 aromatic heterocycles. The van der Waals surface area contributed by atoms with Crippen molar-refractivity contribution in [1.29, 1.82) is 0 Å². The van der Waals surface area contributed by atoms with Crippen molar-refractivity contribution < 1.29 is 19.7 Å². The highest BCUT2D eigenvalue weighted by Gasteiger charge is 2.30. The third kappa shape index (κ3) is 3.55. The van der Waals surface area contributed by atoms with E-state index in [4.69, 9.17) is 4.74 Å². The molecular formula is C13H15I2NO4. The van der Waals surface area contributed by atoms with Crippen LogP contribution in [0.15, 0.2) is 12.1 Å². The average molecular weight is 503 g/mol. The maximum absolute atomic E-state index is 12.6. The lowest BCUT2D eigenvalue weighted by atomic mass is 10.1. The van der Waals surface area contributed by atoms with Crippen molar-refractivity contribution in [2.75, 3.05) is 19.7 Å². The second-order valence-corrected chi connectivity index (χ2v) is 7.15. The number of amides is 1. The first-order chi connectivity index (χ1) is 9.42. The van der Waals surface area contributed by atoms with Crippen LogP contribution in [0.3, 0.4) is 0 Å². The molecule has 1 aliphatic rings. The normalized spacial score (nSPS) is 22.9. The minimum Gasteiger partial charge on any atom is -0.506 e. The van der Waals surface area contributed by atoms with Crippen molar-refractivity contribution in [1.82, 2.24) is 4.90 Å². The van der Waals surface area contributed by atoms with E-state index in [-0.39, 0.29) is 30.5 Å². The van der Waals surface area contributed by atoms with E-state index in [2.05, 4.69) is 22.6 Å². The molecule has 1 heterocycles. The van der Waals surface area contributed by atoms with Gasteiger partial charge in [0.1, 0.15) is 5.75 Å². The van der Waals surface area contributed by atoms with Crippen molar-refractivity contribution >= 4 is 51.1 Å². The summed E-state index contributed by atoms with van der Waals surface area (Å²) in [5, 5.41) is 19.3. The SMILES string of the molecule is CC1CN(C(=O)c2cc(I)cc(I)c2O)CC(CO)O1. The van der Waals surface area contributed by atoms with Crippen molar-refractivity contribution in [3.8, 4) is 5.75 Å². The summed E-state index contributed by atoms with van der Waals surface area (Å²) in [5.41, 5.74) is 0.298. The fourth-order valence-corrected chi connectivity index (χ4v) is 4.06. The molecule has 1 aromatic rings. The largest absolute Gasteiger partial charge is 0.506 e. The molecule has 1 aliphatic heterocycles. The van der Waals surface area contributed by atoms with Crippen LogP contribution in [0, 0.1) is 7.14 Å². The van der Waals surface area contributed by atoms with Crippen LogP contribution in [0.5, 0.6) is 5.75 Å². The summed E-state index contributed by atoms with van der Waals surface area (Å²) in [5.74, 6) is -0.219. The Morgan fingerprint density at radius 3 is 2.80 bits per heavy atom. The maximum Gasteiger partial charge on any atom is 0.257 e. The number of hydrogen-bond acceptors (Lipinski definition) is 4. The molecule has 1 aromatic carbocycles. The van der Waals surface area contributed by atoms with Gasteiger partial charge in [-0.1, -0.05) is 0 Å². The first-order valence-electron chi connectivity index (χ1n) is 6.16. The predicted molar refractivity (Wildman–Crippen MR) is 90.9 cm³/mol. The molecule has 0 bridgehead atoms. The van der Waals surface area contributed by atoms with Crippen LogP contribution in [-0.2, 0) is 4.74 Å². The number of ether oxygens (including phenoxy) is 1. The van der Waals surface area contributed by atoms with Crippen LogP contribution in [0.4, 0.5) is 0 Å². The number of aliphatic hydroxyl groups is 1. The first kappa shape index (κ1) is 16.2. The number of carbonyl (C=O) groups is 1. The lowest BCUT2D eigenvalue weighted by Gasteiger charge is -2.36. The Balaban J connectivity index is 2.27. The molecule has 0 saturated carbocycles. The average Bonchev–Trinajstić information content (AvgIpc) is 2.41. The van der Waals surface area contributed by atoms with Crippen molar-refractivity contribution in [2.24, 2.45) is 0 Å². The van der Waals surface area contributed by atoms with E-state index in [1.54, 1.807) is 11.0 Å². The Kier molecular flexibility index (Phi) is 5.49. The molecule has 20 heavy (non-hydrogen) atoms. The van der Waals surface area contributed by atoms with E-state index in [1.807, 2.05) is 35.6 Å². The van der Waals surface area contributed by atoms with Gasteiger partial charge in [0.05, 0.1) is 27.9 Å². The molecule has 2 rings (SSSR count). The number of morpholine rings is 1. The van der Waals surface area contributed by atoms with Crippen LogP contribution in [0.2, 0.25) is 0 Å². The lowest BCUT2D eigenvalue weighted by molar-refractivity contribution is -0.0859. The van der Waals surface area contributed by atoms with Crippen LogP contribution in [-0.4, -0.2) is 52.9 Å². The summed E-state index contributed by atoms with van der Waals surface area (Å²) >= 11 is 4.12. The number of nitrogens with zero attached hydrogens (tertiary/aromatic N) is 1. The highest BCUT2D eigenvalue weighted by atomic mass is 127. The Bertz CT molecular complexity index is 523. The van der Waals surface area contributed by atoms with Crippen molar-refractivity contribution in [3.05, 3.63) is 24.8 Å². The van der Waals surface area contributed by atoms with Gasteiger partial charge in [-0.2, -0.15) is 0 Å². The summed E-state index contributed by atoms with van der Waals surface area (Å²) < 4.78 is 7.07. The van der Waals surface area contributed by atoms with E-state index in [0.717, 1.165) is 3.57 Å². The topological polar surface area (TPSA) is 70.0 Å². The van der Waals surface area contributed by atoms with E-state index in [1.165, 1.54) is 0 Å². The maximum atomic E-state index is 12.6. The van der Waals surface area contributed by atoms with Gasteiger partial charge >= 0.3 is 0 Å². The molecule has 2 N–H and O–H groups in total. The third-order valence-electron chi connectivity index (χ3n) is 3.08. The second-order valence-electron chi connectivity index (χ2n) is 4.75. The molecule has 1 saturated heterocycles. The minimum atomic E-state index is -0.369. The van der Waals surface area contributed by atoms with Gasteiger partial charge in [0, 0.05) is 16.7 Å². The smallest absolute Gasteiger partial charge is 0.257 e.